The molecular formula is C15H14F3N9. The number of amidine groups is 1. The molecule has 9 nitrogen and oxygen atoms in total. The number of halogens is 3. The molecule has 4 heterocycles. The van der Waals surface area contributed by atoms with Crippen LogP contribution in [0, 0.1) is 17.4 Å². The minimum atomic E-state index is -4.76. The van der Waals surface area contributed by atoms with E-state index >= 15 is 0 Å². The van der Waals surface area contributed by atoms with Gasteiger partial charge in [-0.1, -0.05) is 18.1 Å². The molecule has 3 unspecified atom stereocenters. The summed E-state index contributed by atoms with van der Waals surface area (Å²) in [6.45, 7) is 0. The van der Waals surface area contributed by atoms with Crippen molar-refractivity contribution >= 4 is 11.7 Å². The van der Waals surface area contributed by atoms with E-state index in [9.17, 15) is 18.4 Å². The minimum Gasteiger partial charge on any atom is -0.314 e. The van der Waals surface area contributed by atoms with Crippen molar-refractivity contribution in [2.75, 3.05) is 4.90 Å². The summed E-state index contributed by atoms with van der Waals surface area (Å²) in [4.78, 5) is 5.88. The molecule has 0 saturated heterocycles. The quantitative estimate of drug-likeness (QED) is 0.811. The zero-order chi connectivity index (χ0) is 18.8. The first-order valence-electron chi connectivity index (χ1n) is 8.58. The van der Waals surface area contributed by atoms with Crippen LogP contribution in [0.25, 0.3) is 0 Å². The average Bonchev–Trinajstić information content (AvgIpc) is 3.37. The SMILES string of the molecule is N#Cn1nnc(C(F)(F)F)c1C1=NNC2C3CCCCC3n3cncc3N12. The standard InChI is InChI=1S/C15H14F3N9/c16-15(17,18)12-11(26(6-19)24-21-12)14-23-22-13-8-3-1-2-4-9(8)25-7-20-5-10(25)27(13)14/h5,7-9,13,22H,1-4H2. The van der Waals surface area contributed by atoms with Crippen molar-refractivity contribution in [3.63, 3.8) is 0 Å². The van der Waals surface area contributed by atoms with Gasteiger partial charge in [0, 0.05) is 12.0 Å². The van der Waals surface area contributed by atoms with Crippen LogP contribution in [0.3, 0.4) is 0 Å². The molecule has 2 aromatic heterocycles. The molecule has 0 aromatic carbocycles. The lowest BCUT2D eigenvalue weighted by molar-refractivity contribution is -0.141. The third-order valence-corrected chi connectivity index (χ3v) is 5.49. The van der Waals surface area contributed by atoms with Crippen LogP contribution in [0.2, 0.25) is 0 Å². The van der Waals surface area contributed by atoms with E-state index in [-0.39, 0.29) is 24.0 Å². The number of rotatable bonds is 1. The van der Waals surface area contributed by atoms with Crippen LogP contribution in [0.5, 0.6) is 0 Å². The lowest BCUT2D eigenvalue weighted by Gasteiger charge is -2.45. The number of aromatic nitrogens is 5. The smallest absolute Gasteiger partial charge is 0.314 e. The van der Waals surface area contributed by atoms with Gasteiger partial charge in [0.2, 0.25) is 6.19 Å². The van der Waals surface area contributed by atoms with Crippen molar-refractivity contribution in [1.29, 1.82) is 5.26 Å². The number of nitriles is 1. The summed E-state index contributed by atoms with van der Waals surface area (Å²) in [5.74, 6) is 0.790. The number of fused-ring (bicyclic) bond motifs is 6. The number of alkyl halides is 3. The van der Waals surface area contributed by atoms with Crippen LogP contribution in [-0.2, 0) is 6.18 Å². The van der Waals surface area contributed by atoms with E-state index in [0.717, 1.165) is 25.7 Å². The molecule has 1 saturated carbocycles. The maximum Gasteiger partial charge on any atom is 0.437 e. The molecule has 2 aliphatic heterocycles. The molecule has 0 radical (unpaired) electrons. The maximum atomic E-state index is 13.4. The van der Waals surface area contributed by atoms with E-state index < -0.39 is 17.6 Å². The monoisotopic (exact) mass is 377 g/mol. The normalized spacial score (nSPS) is 26.5. The Balaban J connectivity index is 1.66. The zero-order valence-corrected chi connectivity index (χ0v) is 13.9. The predicted octanol–water partition coefficient (Wildman–Crippen LogP) is 1.66. The lowest BCUT2D eigenvalue weighted by Crippen LogP contribution is -2.54. The molecule has 1 fully saturated rings. The van der Waals surface area contributed by atoms with Crippen LogP contribution < -0.4 is 10.3 Å². The second-order valence-corrected chi connectivity index (χ2v) is 6.85. The number of hydrogen-bond donors (Lipinski definition) is 1. The van der Waals surface area contributed by atoms with E-state index in [1.165, 1.54) is 0 Å². The van der Waals surface area contributed by atoms with E-state index in [1.54, 1.807) is 23.6 Å². The predicted molar refractivity (Wildman–Crippen MR) is 85.2 cm³/mol. The Morgan fingerprint density at radius 3 is 2.85 bits per heavy atom. The Morgan fingerprint density at radius 2 is 2.07 bits per heavy atom. The molecule has 5 rings (SSSR count). The summed E-state index contributed by atoms with van der Waals surface area (Å²) in [7, 11) is 0. The number of nitrogens with zero attached hydrogens (tertiary/aromatic N) is 8. The minimum absolute atomic E-state index is 0.0235. The van der Waals surface area contributed by atoms with Crippen LogP contribution in [0.4, 0.5) is 19.0 Å². The lowest BCUT2D eigenvalue weighted by atomic mass is 9.80. The van der Waals surface area contributed by atoms with Gasteiger partial charge in [0.25, 0.3) is 0 Å². The summed E-state index contributed by atoms with van der Waals surface area (Å²) >= 11 is 0. The Hall–Kier alpha value is -3.10. The molecule has 0 amide bonds. The van der Waals surface area contributed by atoms with Gasteiger partial charge in [-0.3, -0.25) is 10.3 Å². The van der Waals surface area contributed by atoms with E-state index in [4.69, 9.17) is 0 Å². The molecule has 1 N–H and O–H groups in total. The van der Waals surface area contributed by atoms with Gasteiger partial charge in [0.05, 0.1) is 12.5 Å². The first-order valence-corrected chi connectivity index (χ1v) is 8.58. The Bertz CT molecular complexity index is 966. The van der Waals surface area contributed by atoms with Crippen molar-refractivity contribution in [1.82, 2.24) is 30.0 Å². The topological polar surface area (TPSA) is 99.9 Å². The maximum absolute atomic E-state index is 13.4. The molecule has 3 aliphatic rings. The van der Waals surface area contributed by atoms with Gasteiger partial charge in [-0.2, -0.15) is 23.5 Å². The van der Waals surface area contributed by atoms with Gasteiger partial charge < -0.3 is 4.57 Å². The highest BCUT2D eigenvalue weighted by atomic mass is 19.4. The fourth-order valence-corrected chi connectivity index (χ4v) is 4.41. The van der Waals surface area contributed by atoms with Gasteiger partial charge in [-0.15, -0.1) is 9.78 Å². The highest BCUT2D eigenvalue weighted by Crippen LogP contribution is 2.46. The van der Waals surface area contributed by atoms with Crippen molar-refractivity contribution in [2.24, 2.45) is 11.0 Å². The first kappa shape index (κ1) is 16.1. The average molecular weight is 377 g/mol. The van der Waals surface area contributed by atoms with E-state index in [1.807, 2.05) is 4.57 Å². The van der Waals surface area contributed by atoms with Crippen molar-refractivity contribution in [3.8, 4) is 6.19 Å². The highest BCUT2D eigenvalue weighted by molar-refractivity contribution is 6.10. The second-order valence-electron chi connectivity index (χ2n) is 6.85. The largest absolute Gasteiger partial charge is 0.437 e. The summed E-state index contributed by atoms with van der Waals surface area (Å²) in [6, 6.07) is 0.223. The van der Waals surface area contributed by atoms with Gasteiger partial charge in [-0.05, 0) is 12.8 Å². The molecule has 2 aromatic rings. The molecule has 27 heavy (non-hydrogen) atoms. The molecule has 140 valence electrons. The molecule has 12 heteroatoms. The van der Waals surface area contributed by atoms with Crippen molar-refractivity contribution in [3.05, 3.63) is 23.9 Å². The fraction of sp³-hybridized carbons (Fsp3) is 0.533. The first-order chi connectivity index (χ1) is 13.0. The van der Waals surface area contributed by atoms with Gasteiger partial charge >= 0.3 is 6.18 Å². The van der Waals surface area contributed by atoms with Gasteiger partial charge in [0.1, 0.15) is 12.0 Å². The molecule has 3 atom stereocenters. The zero-order valence-electron chi connectivity index (χ0n) is 13.9. The van der Waals surface area contributed by atoms with Crippen molar-refractivity contribution < 1.29 is 13.2 Å². The fourth-order valence-electron chi connectivity index (χ4n) is 4.41. The number of imidazole rings is 1. The molecule has 0 spiro atoms. The van der Waals surface area contributed by atoms with Crippen LogP contribution in [0.1, 0.15) is 43.1 Å². The van der Waals surface area contributed by atoms with Gasteiger partial charge in [0.15, 0.2) is 17.2 Å². The number of nitrogens with one attached hydrogen (secondary N) is 1. The Kier molecular flexibility index (Phi) is 3.25. The van der Waals surface area contributed by atoms with Crippen molar-refractivity contribution in [2.45, 2.75) is 44.1 Å². The third-order valence-electron chi connectivity index (χ3n) is 5.49. The molecule has 0 bridgehead atoms. The molecular weight excluding hydrogens is 363 g/mol. The van der Waals surface area contributed by atoms with Crippen LogP contribution >= 0.6 is 0 Å². The summed E-state index contributed by atoms with van der Waals surface area (Å²) in [6.07, 6.45) is 3.95. The second kappa shape index (κ2) is 5.45. The number of hydrogen-bond acceptors (Lipinski definition) is 7. The Labute approximate surface area is 151 Å². The summed E-state index contributed by atoms with van der Waals surface area (Å²) in [5.41, 5.74) is 1.28. The van der Waals surface area contributed by atoms with Crippen LogP contribution in [-0.4, -0.2) is 36.5 Å². The Morgan fingerprint density at radius 1 is 1.26 bits per heavy atom. The van der Waals surface area contributed by atoms with E-state index in [2.05, 4.69) is 25.8 Å². The number of hydrazone groups is 1. The van der Waals surface area contributed by atoms with E-state index in [0.29, 0.717) is 10.5 Å². The number of anilines is 1. The summed E-state index contributed by atoms with van der Waals surface area (Å²) in [5, 5.41) is 19.9. The highest BCUT2D eigenvalue weighted by Gasteiger charge is 2.50. The van der Waals surface area contributed by atoms with Crippen LogP contribution in [0.15, 0.2) is 17.6 Å². The molecule has 1 aliphatic carbocycles. The summed E-state index contributed by atoms with van der Waals surface area (Å²) < 4.78 is 42.9. The third kappa shape index (κ3) is 2.17. The van der Waals surface area contributed by atoms with Gasteiger partial charge in [-0.25, -0.2) is 4.98 Å².